The highest BCUT2D eigenvalue weighted by atomic mass is 16.6. The predicted octanol–water partition coefficient (Wildman–Crippen LogP) is 2.61. The van der Waals surface area contributed by atoms with E-state index < -0.39 is 4.92 Å². The molecule has 4 rings (SSSR count). The molecule has 0 radical (unpaired) electrons. The summed E-state index contributed by atoms with van der Waals surface area (Å²) >= 11 is 0. The molecule has 1 N–H and O–H groups in total. The molecule has 9 heteroatoms. The minimum atomic E-state index is -0.421. The van der Waals surface area contributed by atoms with Crippen molar-refractivity contribution in [2.24, 2.45) is 0 Å². The SMILES string of the molecule is COc1cc2c(=O)n(CCN(C)C)c3c(c[nH+]c4cccc([N+](=O)[O-])c43)c2cc1OC. The Kier molecular flexibility index (Phi) is 5.20. The summed E-state index contributed by atoms with van der Waals surface area (Å²) in [5.74, 6) is 0.922. The number of fused-ring (bicyclic) bond motifs is 5. The second-order valence-electron chi connectivity index (χ2n) is 7.52. The molecule has 9 nitrogen and oxygen atoms in total. The number of hydrogen-bond donors (Lipinski definition) is 0. The van der Waals surface area contributed by atoms with Gasteiger partial charge in [-0.15, -0.1) is 0 Å². The number of nitrogens with one attached hydrogen (secondary N) is 1. The van der Waals surface area contributed by atoms with E-state index >= 15 is 0 Å². The van der Waals surface area contributed by atoms with Crippen molar-refractivity contribution in [3.63, 3.8) is 0 Å². The molecule has 0 atom stereocenters. The van der Waals surface area contributed by atoms with Crippen LogP contribution in [0.25, 0.3) is 32.6 Å². The van der Waals surface area contributed by atoms with Gasteiger partial charge in [0.25, 0.3) is 11.2 Å². The van der Waals surface area contributed by atoms with E-state index in [1.165, 1.54) is 20.3 Å². The summed E-state index contributed by atoms with van der Waals surface area (Å²) < 4.78 is 12.4. The maximum atomic E-state index is 13.6. The molecule has 2 heterocycles. The predicted molar refractivity (Wildman–Crippen MR) is 118 cm³/mol. The van der Waals surface area contributed by atoms with E-state index in [0.29, 0.717) is 57.2 Å². The summed E-state index contributed by atoms with van der Waals surface area (Å²) in [6.07, 6.45) is 1.78. The van der Waals surface area contributed by atoms with Crippen LogP contribution < -0.4 is 20.0 Å². The number of H-pyrrole nitrogens is 1. The molecule has 0 unspecified atom stereocenters. The first-order valence-corrected chi connectivity index (χ1v) is 9.72. The van der Waals surface area contributed by atoms with E-state index in [2.05, 4.69) is 4.98 Å². The molecule has 31 heavy (non-hydrogen) atoms. The highest BCUT2D eigenvalue weighted by Crippen LogP contribution is 2.37. The number of nitrogens with zero attached hydrogens (tertiary/aromatic N) is 3. The second kappa shape index (κ2) is 7.84. The topological polar surface area (TPSA) is 101 Å². The second-order valence-corrected chi connectivity index (χ2v) is 7.52. The van der Waals surface area contributed by atoms with E-state index in [0.717, 1.165) is 0 Å². The molecule has 0 saturated heterocycles. The zero-order valence-electron chi connectivity index (χ0n) is 17.8. The van der Waals surface area contributed by atoms with E-state index in [9.17, 15) is 14.9 Å². The van der Waals surface area contributed by atoms with Crippen molar-refractivity contribution in [3.8, 4) is 11.5 Å². The molecule has 4 aromatic rings. The van der Waals surface area contributed by atoms with E-state index in [1.807, 2.05) is 19.0 Å². The van der Waals surface area contributed by atoms with Crippen LogP contribution in [0.5, 0.6) is 11.5 Å². The van der Waals surface area contributed by atoms with E-state index in [4.69, 9.17) is 9.47 Å². The van der Waals surface area contributed by atoms with Crippen LogP contribution >= 0.6 is 0 Å². The standard InChI is InChI=1S/C22H22N4O5/c1-24(2)8-9-25-21-15(12-23-16-6-5-7-17(20(16)21)26(28)29)13-10-18(30-3)19(31-4)11-14(13)22(25)27/h5-7,10-12H,8-9H2,1-4H3/p+1. The van der Waals surface area contributed by atoms with Crippen molar-refractivity contribution < 1.29 is 19.4 Å². The number of rotatable bonds is 6. The first-order valence-electron chi connectivity index (χ1n) is 9.72. The molecule has 0 aliphatic heterocycles. The highest BCUT2D eigenvalue weighted by Gasteiger charge is 2.24. The van der Waals surface area contributed by atoms with Crippen LogP contribution in [-0.4, -0.2) is 49.3 Å². The van der Waals surface area contributed by atoms with Gasteiger partial charge in [0.15, 0.2) is 17.7 Å². The van der Waals surface area contributed by atoms with E-state index in [1.54, 1.807) is 35.0 Å². The molecule has 2 aromatic heterocycles. The number of pyridine rings is 2. The fourth-order valence-corrected chi connectivity index (χ4v) is 3.94. The first kappa shape index (κ1) is 20.5. The van der Waals surface area contributed by atoms with E-state index in [-0.39, 0.29) is 11.2 Å². The average molecular weight is 423 g/mol. The number of benzene rings is 2. The average Bonchev–Trinajstić information content (AvgIpc) is 2.76. The van der Waals surface area contributed by atoms with Gasteiger partial charge in [-0.05, 0) is 32.3 Å². The minimum Gasteiger partial charge on any atom is -0.493 e. The van der Waals surface area contributed by atoms with Crippen molar-refractivity contribution in [3.05, 3.63) is 57.0 Å². The highest BCUT2D eigenvalue weighted by molar-refractivity contribution is 6.15. The number of nitro groups is 1. The lowest BCUT2D eigenvalue weighted by atomic mass is 10.0. The Balaban J connectivity index is 2.27. The third-order valence-electron chi connectivity index (χ3n) is 5.43. The van der Waals surface area contributed by atoms with Gasteiger partial charge in [-0.1, -0.05) is 0 Å². The molecule has 160 valence electrons. The minimum absolute atomic E-state index is 0.0582. The van der Waals surface area contributed by atoms with Gasteiger partial charge in [0, 0.05) is 30.6 Å². The lowest BCUT2D eigenvalue weighted by Crippen LogP contribution is -2.28. The number of methoxy groups -OCH3 is 2. The van der Waals surface area contributed by atoms with Gasteiger partial charge in [0.1, 0.15) is 5.39 Å². The van der Waals surface area contributed by atoms with Crippen LogP contribution in [0.3, 0.4) is 0 Å². The third kappa shape index (κ3) is 3.32. The number of hydrogen-bond acceptors (Lipinski definition) is 6. The maximum Gasteiger partial charge on any atom is 0.285 e. The van der Waals surface area contributed by atoms with Crippen molar-refractivity contribution in [1.82, 2.24) is 9.47 Å². The maximum absolute atomic E-state index is 13.6. The van der Waals surface area contributed by atoms with Gasteiger partial charge >= 0.3 is 0 Å². The van der Waals surface area contributed by atoms with Crippen LogP contribution in [0.2, 0.25) is 0 Å². The molecule has 0 amide bonds. The summed E-state index contributed by atoms with van der Waals surface area (Å²) in [6, 6.07) is 8.24. The number of ether oxygens (including phenoxy) is 2. The monoisotopic (exact) mass is 423 g/mol. The molecular formula is C22H23N4O5+. The Bertz CT molecular complexity index is 1390. The van der Waals surface area contributed by atoms with Crippen LogP contribution in [0.15, 0.2) is 41.3 Å². The summed E-state index contributed by atoms with van der Waals surface area (Å²) in [4.78, 5) is 30.1. The molecule has 0 aliphatic carbocycles. The Hall–Kier alpha value is -3.72. The smallest absolute Gasteiger partial charge is 0.285 e. The Labute approximate surface area is 177 Å². The third-order valence-corrected chi connectivity index (χ3v) is 5.43. The number of aromatic nitrogens is 2. The Morgan fingerprint density at radius 1 is 1.10 bits per heavy atom. The first-order chi connectivity index (χ1) is 14.9. The van der Waals surface area contributed by atoms with Crippen molar-refractivity contribution in [1.29, 1.82) is 0 Å². The van der Waals surface area contributed by atoms with Crippen LogP contribution in [-0.2, 0) is 6.54 Å². The normalized spacial score (nSPS) is 11.5. The van der Waals surface area contributed by atoms with Gasteiger partial charge < -0.3 is 18.9 Å². The molecule has 0 bridgehead atoms. The van der Waals surface area contributed by atoms with Gasteiger partial charge in [-0.3, -0.25) is 14.9 Å². The number of non-ortho nitro benzene ring substituents is 1. The Morgan fingerprint density at radius 2 is 1.77 bits per heavy atom. The lowest BCUT2D eigenvalue weighted by Gasteiger charge is -2.17. The quantitative estimate of drug-likeness (QED) is 0.268. The van der Waals surface area contributed by atoms with Gasteiger partial charge in [-0.2, -0.15) is 0 Å². The van der Waals surface area contributed by atoms with Gasteiger partial charge in [0.05, 0.1) is 35.4 Å². The zero-order valence-corrected chi connectivity index (χ0v) is 17.8. The number of nitro benzene ring substituents is 1. The largest absolute Gasteiger partial charge is 0.493 e. The summed E-state index contributed by atoms with van der Waals surface area (Å²) in [5.41, 5.74) is 0.806. The summed E-state index contributed by atoms with van der Waals surface area (Å²) in [5, 5.41) is 14.0. The fourth-order valence-electron chi connectivity index (χ4n) is 3.94. The van der Waals surface area contributed by atoms with Crippen LogP contribution in [0.4, 0.5) is 5.69 Å². The van der Waals surface area contributed by atoms with Gasteiger partial charge in [-0.25, -0.2) is 4.98 Å². The molecular weight excluding hydrogens is 400 g/mol. The fraction of sp³-hybridized carbons (Fsp3) is 0.273. The Morgan fingerprint density at radius 3 is 2.39 bits per heavy atom. The zero-order chi connectivity index (χ0) is 22.3. The lowest BCUT2D eigenvalue weighted by molar-refractivity contribution is -0.383. The molecule has 0 saturated carbocycles. The summed E-state index contributed by atoms with van der Waals surface area (Å²) in [6.45, 7) is 0.965. The van der Waals surface area contributed by atoms with Crippen LogP contribution in [0, 0.1) is 10.1 Å². The molecule has 0 spiro atoms. The van der Waals surface area contributed by atoms with Crippen LogP contribution in [0.1, 0.15) is 0 Å². The van der Waals surface area contributed by atoms with Crippen molar-refractivity contribution >= 4 is 38.3 Å². The van der Waals surface area contributed by atoms with Crippen molar-refractivity contribution in [2.75, 3.05) is 34.9 Å². The van der Waals surface area contributed by atoms with Gasteiger partial charge in [0.2, 0.25) is 5.52 Å². The molecule has 0 fully saturated rings. The summed E-state index contributed by atoms with van der Waals surface area (Å²) in [7, 11) is 6.86. The number of aromatic amines is 1. The molecule has 0 aliphatic rings. The molecule has 2 aromatic carbocycles. The van der Waals surface area contributed by atoms with Crippen molar-refractivity contribution in [2.45, 2.75) is 6.54 Å². The number of likely N-dealkylation sites (N-methyl/N-ethyl adjacent to an activating group) is 1.